The van der Waals surface area contributed by atoms with Crippen molar-refractivity contribution < 1.29 is 14.6 Å². The maximum atomic E-state index is 13.2. The SMILES string of the molecule is CN(CCCCCCCCc1ccccc1)C(=O)c1cc(Br)c(OCCO)c(-c2ccccc2)c1. The second-order valence-corrected chi connectivity index (χ2v) is 9.71. The molecule has 0 saturated carbocycles. The third-order valence-corrected chi connectivity index (χ3v) is 6.70. The first-order chi connectivity index (χ1) is 17.1. The van der Waals surface area contributed by atoms with Crippen molar-refractivity contribution in [3.05, 3.63) is 88.4 Å². The fraction of sp³-hybridized carbons (Fsp3) is 0.367. The minimum Gasteiger partial charge on any atom is -0.489 e. The average molecular weight is 539 g/mol. The van der Waals surface area contributed by atoms with Gasteiger partial charge in [0.2, 0.25) is 0 Å². The second kappa shape index (κ2) is 14.7. The Morgan fingerprint density at radius 1 is 0.886 bits per heavy atom. The molecule has 0 bridgehead atoms. The number of nitrogens with zero attached hydrogens (tertiary/aromatic N) is 1. The fourth-order valence-electron chi connectivity index (χ4n) is 4.20. The van der Waals surface area contributed by atoms with E-state index in [1.165, 1.54) is 31.2 Å². The number of aryl methyl sites for hydroxylation is 1. The van der Waals surface area contributed by atoms with Gasteiger partial charge in [-0.3, -0.25) is 4.79 Å². The van der Waals surface area contributed by atoms with Gasteiger partial charge in [0, 0.05) is 24.7 Å². The van der Waals surface area contributed by atoms with Crippen LogP contribution in [0, 0.1) is 0 Å². The lowest BCUT2D eigenvalue weighted by Crippen LogP contribution is -2.27. The van der Waals surface area contributed by atoms with Gasteiger partial charge in [-0.1, -0.05) is 86.3 Å². The minimum atomic E-state index is -0.0723. The van der Waals surface area contributed by atoms with E-state index in [0.717, 1.165) is 36.9 Å². The number of aliphatic hydroxyl groups is 1. The molecule has 35 heavy (non-hydrogen) atoms. The summed E-state index contributed by atoms with van der Waals surface area (Å²) in [6.45, 7) is 0.860. The summed E-state index contributed by atoms with van der Waals surface area (Å²) >= 11 is 3.57. The van der Waals surface area contributed by atoms with Crippen molar-refractivity contribution in [1.82, 2.24) is 4.90 Å². The van der Waals surface area contributed by atoms with E-state index >= 15 is 0 Å². The molecule has 3 aromatic rings. The summed E-state index contributed by atoms with van der Waals surface area (Å²) in [6.07, 6.45) is 8.23. The first-order valence-corrected chi connectivity index (χ1v) is 13.3. The molecule has 0 saturated heterocycles. The number of unbranched alkanes of at least 4 members (excludes halogenated alkanes) is 5. The molecule has 0 radical (unpaired) electrons. The quantitative estimate of drug-likeness (QED) is 0.222. The number of hydrogen-bond donors (Lipinski definition) is 1. The van der Waals surface area contributed by atoms with Crippen molar-refractivity contribution >= 4 is 21.8 Å². The first-order valence-electron chi connectivity index (χ1n) is 12.5. The normalized spacial score (nSPS) is 10.8. The summed E-state index contributed by atoms with van der Waals surface area (Å²) in [5.74, 6) is 0.635. The smallest absolute Gasteiger partial charge is 0.253 e. The molecular weight excluding hydrogens is 502 g/mol. The number of carbonyl (C=O) groups excluding carboxylic acids is 1. The van der Waals surface area contributed by atoms with Crippen LogP contribution in [0.4, 0.5) is 0 Å². The highest BCUT2D eigenvalue weighted by Gasteiger charge is 2.18. The van der Waals surface area contributed by atoms with E-state index in [0.29, 0.717) is 15.8 Å². The topological polar surface area (TPSA) is 49.8 Å². The van der Waals surface area contributed by atoms with Crippen LogP contribution in [0.5, 0.6) is 5.75 Å². The molecule has 1 N–H and O–H groups in total. The molecule has 5 heteroatoms. The van der Waals surface area contributed by atoms with Crippen molar-refractivity contribution in [3.63, 3.8) is 0 Å². The Morgan fingerprint density at radius 2 is 1.51 bits per heavy atom. The van der Waals surface area contributed by atoms with Crippen LogP contribution in [0.25, 0.3) is 11.1 Å². The lowest BCUT2D eigenvalue weighted by molar-refractivity contribution is 0.0792. The average Bonchev–Trinajstić information content (AvgIpc) is 2.89. The highest BCUT2D eigenvalue weighted by atomic mass is 79.9. The summed E-state index contributed by atoms with van der Waals surface area (Å²) in [6, 6.07) is 24.2. The largest absolute Gasteiger partial charge is 0.489 e. The van der Waals surface area contributed by atoms with Gasteiger partial charge in [0.15, 0.2) is 0 Å². The number of ether oxygens (including phenoxy) is 1. The third kappa shape index (κ3) is 8.52. The molecule has 0 aliphatic rings. The van der Waals surface area contributed by atoms with Gasteiger partial charge in [-0.05, 0) is 58.5 Å². The van der Waals surface area contributed by atoms with Crippen LogP contribution in [0.15, 0.2) is 77.3 Å². The summed E-state index contributed by atoms with van der Waals surface area (Å²) in [5, 5.41) is 9.20. The van der Waals surface area contributed by atoms with E-state index < -0.39 is 0 Å². The Hall–Kier alpha value is -2.63. The maximum absolute atomic E-state index is 13.2. The number of halogens is 1. The van der Waals surface area contributed by atoms with Crippen LogP contribution in [0.1, 0.15) is 54.4 Å². The van der Waals surface area contributed by atoms with Gasteiger partial charge in [-0.25, -0.2) is 0 Å². The number of hydrogen-bond acceptors (Lipinski definition) is 3. The predicted octanol–water partition coefficient (Wildman–Crippen LogP) is 7.14. The molecule has 0 spiro atoms. The van der Waals surface area contributed by atoms with Crippen molar-refractivity contribution in [2.24, 2.45) is 0 Å². The van der Waals surface area contributed by atoms with Crippen molar-refractivity contribution in [3.8, 4) is 16.9 Å². The molecule has 3 aromatic carbocycles. The van der Waals surface area contributed by atoms with Crippen LogP contribution in [-0.2, 0) is 6.42 Å². The highest BCUT2D eigenvalue weighted by Crippen LogP contribution is 2.38. The van der Waals surface area contributed by atoms with Gasteiger partial charge in [0.05, 0.1) is 11.1 Å². The van der Waals surface area contributed by atoms with Crippen LogP contribution in [0.2, 0.25) is 0 Å². The fourth-order valence-corrected chi connectivity index (χ4v) is 4.77. The summed E-state index contributed by atoms with van der Waals surface area (Å²) < 4.78 is 6.50. The molecule has 0 aliphatic carbocycles. The van der Waals surface area contributed by atoms with Crippen molar-refractivity contribution in [2.45, 2.75) is 44.9 Å². The predicted molar refractivity (Wildman–Crippen MR) is 147 cm³/mol. The zero-order valence-corrected chi connectivity index (χ0v) is 22.2. The zero-order chi connectivity index (χ0) is 24.9. The number of aliphatic hydroxyl groups excluding tert-OH is 1. The van der Waals surface area contributed by atoms with Crippen LogP contribution >= 0.6 is 15.9 Å². The Kier molecular flexibility index (Phi) is 11.3. The molecule has 0 atom stereocenters. The first kappa shape index (κ1) is 27.0. The van der Waals surface area contributed by atoms with Gasteiger partial charge in [0.25, 0.3) is 5.91 Å². The molecule has 186 valence electrons. The van der Waals surface area contributed by atoms with E-state index in [9.17, 15) is 9.90 Å². The van der Waals surface area contributed by atoms with Gasteiger partial charge < -0.3 is 14.7 Å². The highest BCUT2D eigenvalue weighted by molar-refractivity contribution is 9.10. The van der Waals surface area contributed by atoms with E-state index in [4.69, 9.17) is 4.74 Å². The Bertz CT molecular complexity index is 1040. The molecule has 0 unspecified atom stereocenters. The maximum Gasteiger partial charge on any atom is 0.253 e. The van der Waals surface area contributed by atoms with Crippen LogP contribution < -0.4 is 4.74 Å². The standard InChI is InChI=1S/C30H36BrNO3/c1-32(19-13-5-3-2-4-8-14-24-15-9-6-10-16-24)30(34)26-22-27(25-17-11-7-12-18-25)29(28(31)23-26)35-21-20-33/h6-7,9-12,15-18,22-23,33H,2-5,8,13-14,19-21H2,1H3. The van der Waals surface area contributed by atoms with Gasteiger partial charge in [0.1, 0.15) is 12.4 Å². The number of carbonyl (C=O) groups is 1. The number of rotatable bonds is 14. The van der Waals surface area contributed by atoms with Crippen LogP contribution in [0.3, 0.4) is 0 Å². The Morgan fingerprint density at radius 3 is 2.20 bits per heavy atom. The summed E-state index contributed by atoms with van der Waals surface area (Å²) in [5.41, 5.74) is 3.84. The molecule has 3 rings (SSSR count). The lowest BCUT2D eigenvalue weighted by atomic mass is 10.0. The summed E-state index contributed by atoms with van der Waals surface area (Å²) in [7, 11) is 1.87. The monoisotopic (exact) mass is 537 g/mol. The third-order valence-electron chi connectivity index (χ3n) is 6.11. The Labute approximate surface area is 218 Å². The number of amides is 1. The van der Waals surface area contributed by atoms with Crippen LogP contribution in [-0.4, -0.2) is 42.7 Å². The zero-order valence-electron chi connectivity index (χ0n) is 20.6. The second-order valence-electron chi connectivity index (χ2n) is 8.86. The summed E-state index contributed by atoms with van der Waals surface area (Å²) in [4.78, 5) is 15.0. The van der Waals surface area contributed by atoms with Gasteiger partial charge >= 0.3 is 0 Å². The van der Waals surface area contributed by atoms with E-state index in [1.807, 2.05) is 49.5 Å². The Balaban J connectivity index is 1.49. The molecule has 0 aliphatic heterocycles. The minimum absolute atomic E-state index is 0.000509. The molecule has 0 fully saturated rings. The molecule has 0 aromatic heterocycles. The van der Waals surface area contributed by atoms with Crippen molar-refractivity contribution in [2.75, 3.05) is 26.8 Å². The van der Waals surface area contributed by atoms with Gasteiger partial charge in [-0.15, -0.1) is 0 Å². The van der Waals surface area contributed by atoms with E-state index in [-0.39, 0.29) is 19.1 Å². The lowest BCUT2D eigenvalue weighted by Gasteiger charge is -2.20. The van der Waals surface area contributed by atoms with Crippen molar-refractivity contribution in [1.29, 1.82) is 0 Å². The number of benzene rings is 3. The molecule has 0 heterocycles. The van der Waals surface area contributed by atoms with E-state index in [1.54, 1.807) is 4.90 Å². The van der Waals surface area contributed by atoms with E-state index in [2.05, 4.69) is 46.3 Å². The molecular formula is C30H36BrNO3. The molecule has 1 amide bonds. The van der Waals surface area contributed by atoms with Gasteiger partial charge in [-0.2, -0.15) is 0 Å². The molecule has 4 nitrogen and oxygen atoms in total.